The molecule has 0 amide bonds. The van der Waals surface area contributed by atoms with Crippen LogP contribution in [0, 0.1) is 0 Å². The van der Waals surface area contributed by atoms with Crippen LogP contribution in [-0.4, -0.2) is 29.2 Å². The van der Waals surface area contributed by atoms with Gasteiger partial charge >= 0.3 is 5.97 Å². The van der Waals surface area contributed by atoms with E-state index in [-0.39, 0.29) is 5.97 Å². The molecule has 0 spiro atoms. The Bertz CT molecular complexity index is 197. The lowest BCUT2D eigenvalue weighted by molar-refractivity contribution is -0.140. The Morgan fingerprint density at radius 3 is 2.00 bits per heavy atom. The molecule has 0 rings (SSSR count). The minimum Gasteiger partial charge on any atom is -0.466 e. The fourth-order valence-electron chi connectivity index (χ4n) is 1.32. The second kappa shape index (κ2) is 5.09. The van der Waals surface area contributed by atoms with E-state index in [0.717, 1.165) is 6.04 Å². The molecule has 5 heteroatoms. The average molecular weight is 234 g/mol. The topological polar surface area (TPSA) is 35.5 Å². The lowest BCUT2D eigenvalue weighted by Crippen LogP contribution is -2.42. The number of hydrogen-bond donors (Lipinski definition) is 0. The van der Waals surface area contributed by atoms with Gasteiger partial charge in [-0.1, -0.05) is 0 Å². The average Bonchev–Trinajstić information content (AvgIpc) is 1.78. The molecule has 0 aromatic rings. The minimum absolute atomic E-state index is 0.206. The van der Waals surface area contributed by atoms with Gasteiger partial charge in [-0.15, -0.1) is 0 Å². The quantitative estimate of drug-likeness (QED) is 0.542. The first-order valence-electron chi connectivity index (χ1n) is 4.96. The number of rotatable bonds is 5. The summed E-state index contributed by atoms with van der Waals surface area (Å²) in [6.07, 6.45) is 0. The van der Waals surface area contributed by atoms with Crippen LogP contribution in [0.25, 0.3) is 0 Å². The third kappa shape index (κ3) is 8.46. The molecule has 0 N–H and O–H groups in total. The van der Waals surface area contributed by atoms with Gasteiger partial charge in [-0.25, -0.2) is 0 Å². The Morgan fingerprint density at radius 2 is 1.64 bits per heavy atom. The number of esters is 1. The maximum atomic E-state index is 10.6. The molecular formula is C9H22O3Si2. The first-order valence-corrected chi connectivity index (χ1v) is 11.5. The van der Waals surface area contributed by atoms with Crippen molar-refractivity contribution in [2.24, 2.45) is 0 Å². The minimum atomic E-state index is -1.62. The Morgan fingerprint density at radius 1 is 1.14 bits per heavy atom. The molecule has 0 radical (unpaired) electrons. The largest absolute Gasteiger partial charge is 0.466 e. The Labute approximate surface area is 89.1 Å². The molecule has 0 heterocycles. The predicted octanol–water partition coefficient (Wildman–Crippen LogP) is 2.61. The highest BCUT2D eigenvalue weighted by molar-refractivity contribution is 6.84. The molecule has 0 aliphatic carbocycles. The number of ether oxygens (including phenoxy) is 1. The normalized spacial score (nSPS) is 12.7. The Kier molecular flexibility index (Phi) is 5.04. The molecule has 0 saturated heterocycles. The van der Waals surface area contributed by atoms with E-state index in [1.807, 2.05) is 0 Å². The summed E-state index contributed by atoms with van der Waals surface area (Å²) < 4.78 is 11.0. The fourth-order valence-corrected chi connectivity index (χ4v) is 8.95. The van der Waals surface area contributed by atoms with Gasteiger partial charge in [0.1, 0.15) is 0 Å². The SMILES string of the molecule is CC(=O)OCC[Si](C)(C)O[Si](C)(C)C. The smallest absolute Gasteiger partial charge is 0.302 e. The van der Waals surface area contributed by atoms with Crippen LogP contribution >= 0.6 is 0 Å². The van der Waals surface area contributed by atoms with Gasteiger partial charge in [-0.2, -0.15) is 0 Å². The highest BCUT2D eigenvalue weighted by Gasteiger charge is 2.29. The second-order valence-corrected chi connectivity index (χ2v) is 14.1. The van der Waals surface area contributed by atoms with Gasteiger partial charge in [0.2, 0.25) is 0 Å². The lowest BCUT2D eigenvalue weighted by Gasteiger charge is -2.31. The summed E-state index contributed by atoms with van der Waals surface area (Å²) in [6, 6.07) is 0.886. The van der Waals surface area contributed by atoms with Gasteiger partial charge in [-0.05, 0) is 38.8 Å². The summed E-state index contributed by atoms with van der Waals surface area (Å²) >= 11 is 0. The van der Waals surface area contributed by atoms with Crippen LogP contribution in [0.1, 0.15) is 6.92 Å². The van der Waals surface area contributed by atoms with Gasteiger partial charge in [0.25, 0.3) is 0 Å². The van der Waals surface area contributed by atoms with Crippen molar-refractivity contribution < 1.29 is 13.6 Å². The first-order chi connectivity index (χ1) is 6.12. The van der Waals surface area contributed by atoms with E-state index in [2.05, 4.69) is 32.7 Å². The monoisotopic (exact) mass is 234 g/mol. The second-order valence-electron chi connectivity index (χ2n) is 5.06. The van der Waals surface area contributed by atoms with Crippen molar-refractivity contribution in [3.8, 4) is 0 Å². The van der Waals surface area contributed by atoms with Gasteiger partial charge < -0.3 is 8.85 Å². The molecule has 0 aliphatic heterocycles. The van der Waals surface area contributed by atoms with Crippen molar-refractivity contribution in [3.05, 3.63) is 0 Å². The van der Waals surface area contributed by atoms with Crippen molar-refractivity contribution in [1.82, 2.24) is 0 Å². The molecule has 14 heavy (non-hydrogen) atoms. The van der Waals surface area contributed by atoms with Gasteiger partial charge in [0.15, 0.2) is 16.6 Å². The van der Waals surface area contributed by atoms with Crippen LogP contribution in [0.5, 0.6) is 0 Å². The third-order valence-electron chi connectivity index (χ3n) is 1.59. The van der Waals surface area contributed by atoms with Crippen molar-refractivity contribution >= 4 is 22.6 Å². The zero-order valence-corrected chi connectivity index (χ0v) is 12.1. The Hall–Kier alpha value is -0.136. The van der Waals surface area contributed by atoms with Crippen LogP contribution in [0.3, 0.4) is 0 Å². The lowest BCUT2D eigenvalue weighted by atomic mass is 10.8. The standard InChI is InChI=1S/C9H22O3Si2/c1-9(10)11-7-8-14(5,6)12-13(2,3)4/h7-8H2,1-6H3. The number of hydrogen-bond acceptors (Lipinski definition) is 3. The van der Waals surface area contributed by atoms with Crippen LogP contribution in [0.15, 0.2) is 0 Å². The van der Waals surface area contributed by atoms with Crippen LogP contribution in [-0.2, 0) is 13.6 Å². The summed E-state index contributed by atoms with van der Waals surface area (Å²) in [4.78, 5) is 10.6. The van der Waals surface area contributed by atoms with Crippen LogP contribution < -0.4 is 0 Å². The molecule has 0 aromatic carbocycles. The zero-order chi connectivity index (χ0) is 11.4. The van der Waals surface area contributed by atoms with E-state index in [9.17, 15) is 4.79 Å². The van der Waals surface area contributed by atoms with E-state index in [0.29, 0.717) is 6.61 Å². The highest BCUT2D eigenvalue weighted by atomic mass is 28.4. The van der Waals surface area contributed by atoms with Gasteiger partial charge in [0, 0.05) is 6.92 Å². The van der Waals surface area contributed by atoms with Crippen molar-refractivity contribution in [1.29, 1.82) is 0 Å². The van der Waals surface area contributed by atoms with Crippen molar-refractivity contribution in [2.75, 3.05) is 6.61 Å². The van der Waals surface area contributed by atoms with E-state index < -0.39 is 16.6 Å². The predicted molar refractivity (Wildman–Crippen MR) is 63.4 cm³/mol. The zero-order valence-electron chi connectivity index (χ0n) is 10.1. The molecule has 0 saturated carbocycles. The highest BCUT2D eigenvalue weighted by Crippen LogP contribution is 2.17. The number of carbonyl (C=O) groups is 1. The summed E-state index contributed by atoms with van der Waals surface area (Å²) in [6.45, 7) is 12.9. The van der Waals surface area contributed by atoms with Crippen LogP contribution in [0.4, 0.5) is 0 Å². The van der Waals surface area contributed by atoms with E-state index in [4.69, 9.17) is 8.85 Å². The van der Waals surface area contributed by atoms with Gasteiger partial charge in [0.05, 0.1) is 6.61 Å². The summed E-state index contributed by atoms with van der Waals surface area (Å²) in [7, 11) is -3.07. The molecule has 0 fully saturated rings. The van der Waals surface area contributed by atoms with E-state index in [1.54, 1.807) is 0 Å². The number of carbonyl (C=O) groups excluding carboxylic acids is 1. The maximum Gasteiger partial charge on any atom is 0.302 e. The van der Waals surface area contributed by atoms with E-state index >= 15 is 0 Å². The summed E-state index contributed by atoms with van der Waals surface area (Å²) in [5, 5.41) is 0. The Balaban J connectivity index is 3.89. The van der Waals surface area contributed by atoms with E-state index in [1.165, 1.54) is 6.92 Å². The first kappa shape index (κ1) is 13.9. The fraction of sp³-hybridized carbons (Fsp3) is 0.889. The molecule has 84 valence electrons. The molecule has 3 nitrogen and oxygen atoms in total. The van der Waals surface area contributed by atoms with Crippen molar-refractivity contribution in [3.63, 3.8) is 0 Å². The summed E-state index contributed by atoms with van der Waals surface area (Å²) in [5.74, 6) is -0.206. The maximum absolute atomic E-state index is 10.6. The van der Waals surface area contributed by atoms with Crippen LogP contribution in [0.2, 0.25) is 38.8 Å². The third-order valence-corrected chi connectivity index (χ3v) is 7.66. The molecule has 0 aromatic heterocycles. The summed E-state index contributed by atoms with van der Waals surface area (Å²) in [5.41, 5.74) is 0. The molecule has 0 atom stereocenters. The molecular weight excluding hydrogens is 212 g/mol. The molecule has 0 bridgehead atoms. The molecule has 0 aliphatic rings. The van der Waals surface area contributed by atoms with Crippen molar-refractivity contribution in [2.45, 2.75) is 45.7 Å². The van der Waals surface area contributed by atoms with Gasteiger partial charge in [-0.3, -0.25) is 4.79 Å². The molecule has 0 unspecified atom stereocenters.